The maximum atomic E-state index is 11.9. The maximum Gasteiger partial charge on any atom is 0.317 e. The molecule has 0 atom stereocenters. The number of hydrogen-bond acceptors (Lipinski definition) is 1. The van der Waals surface area contributed by atoms with Gasteiger partial charge in [-0.3, -0.25) is 0 Å². The highest BCUT2D eigenvalue weighted by atomic mass is 16.2. The minimum absolute atomic E-state index is 0.171. The molecule has 0 spiro atoms. The second-order valence-corrected chi connectivity index (χ2v) is 5.57. The van der Waals surface area contributed by atoms with Crippen LogP contribution in [-0.2, 0) is 0 Å². The van der Waals surface area contributed by atoms with Crippen molar-refractivity contribution in [2.45, 2.75) is 57.8 Å². The van der Waals surface area contributed by atoms with E-state index in [9.17, 15) is 4.79 Å². The number of hydrogen-bond donors (Lipinski definition) is 1. The van der Waals surface area contributed by atoms with Crippen molar-refractivity contribution in [2.24, 2.45) is 5.92 Å². The highest BCUT2D eigenvalue weighted by Gasteiger charge is 2.17. The minimum Gasteiger partial charge on any atom is -0.338 e. The lowest BCUT2D eigenvalue weighted by molar-refractivity contribution is 0.199. The third kappa shape index (κ3) is 4.21. The Morgan fingerprint density at radius 1 is 1.00 bits per heavy atom. The van der Waals surface area contributed by atoms with Gasteiger partial charge in [-0.1, -0.05) is 38.5 Å². The van der Waals surface area contributed by atoms with Gasteiger partial charge in [-0.25, -0.2) is 4.79 Å². The Morgan fingerprint density at radius 3 is 2.29 bits per heavy atom. The van der Waals surface area contributed by atoms with E-state index in [2.05, 4.69) is 5.32 Å². The van der Waals surface area contributed by atoms with Crippen LogP contribution in [0.5, 0.6) is 0 Å². The second-order valence-electron chi connectivity index (χ2n) is 5.57. The molecule has 2 aliphatic rings. The van der Waals surface area contributed by atoms with Gasteiger partial charge in [0.1, 0.15) is 0 Å². The first-order valence-corrected chi connectivity index (χ1v) is 7.39. The summed E-state index contributed by atoms with van der Waals surface area (Å²) in [5.74, 6) is 0.874. The molecule has 0 radical (unpaired) electrons. The van der Waals surface area contributed by atoms with Crippen LogP contribution >= 0.6 is 0 Å². The predicted octanol–water partition coefficient (Wildman–Crippen LogP) is 3.15. The molecule has 3 nitrogen and oxygen atoms in total. The van der Waals surface area contributed by atoms with Crippen molar-refractivity contribution in [3.63, 3.8) is 0 Å². The van der Waals surface area contributed by atoms with Crippen LogP contribution in [0, 0.1) is 5.92 Å². The zero-order chi connectivity index (χ0) is 11.9. The molecule has 3 heteroatoms. The van der Waals surface area contributed by atoms with Crippen molar-refractivity contribution in [3.05, 3.63) is 0 Å². The van der Waals surface area contributed by atoms with Gasteiger partial charge in [0.15, 0.2) is 0 Å². The van der Waals surface area contributed by atoms with E-state index in [0.29, 0.717) is 0 Å². The summed E-state index contributed by atoms with van der Waals surface area (Å²) in [6.07, 6.45) is 11.6. The highest BCUT2D eigenvalue weighted by molar-refractivity contribution is 5.74. The van der Waals surface area contributed by atoms with Gasteiger partial charge < -0.3 is 10.2 Å². The van der Waals surface area contributed by atoms with E-state index in [0.717, 1.165) is 25.6 Å². The average Bonchev–Trinajstić information content (AvgIpc) is 2.69. The number of amides is 2. The van der Waals surface area contributed by atoms with Crippen molar-refractivity contribution in [1.82, 2.24) is 10.2 Å². The molecule has 0 bridgehead atoms. The smallest absolute Gasteiger partial charge is 0.317 e. The summed E-state index contributed by atoms with van der Waals surface area (Å²) in [6.45, 7) is 2.78. The molecule has 1 heterocycles. The molecule has 1 N–H and O–H groups in total. The van der Waals surface area contributed by atoms with Gasteiger partial charge in [-0.15, -0.1) is 0 Å². The summed E-state index contributed by atoms with van der Waals surface area (Å²) in [6, 6.07) is 0.171. The number of urea groups is 1. The molecule has 98 valence electrons. The normalized spacial score (nSPS) is 22.5. The van der Waals surface area contributed by atoms with E-state index < -0.39 is 0 Å². The van der Waals surface area contributed by atoms with E-state index >= 15 is 0 Å². The molecule has 2 rings (SSSR count). The van der Waals surface area contributed by atoms with Gasteiger partial charge in [-0.2, -0.15) is 0 Å². The third-order valence-electron chi connectivity index (χ3n) is 4.20. The summed E-state index contributed by atoms with van der Waals surface area (Å²) >= 11 is 0. The topological polar surface area (TPSA) is 32.3 Å². The molecule has 1 saturated heterocycles. The van der Waals surface area contributed by atoms with Gasteiger partial charge in [0.25, 0.3) is 0 Å². The molecule has 0 aromatic heterocycles. The van der Waals surface area contributed by atoms with Crippen LogP contribution < -0.4 is 5.32 Å². The Kier molecular flexibility index (Phi) is 5.14. The highest BCUT2D eigenvalue weighted by Crippen LogP contribution is 2.26. The zero-order valence-electron chi connectivity index (χ0n) is 10.9. The fraction of sp³-hybridized carbons (Fsp3) is 0.929. The number of likely N-dealkylation sites (tertiary alicyclic amines) is 1. The Balaban J connectivity index is 1.61. The summed E-state index contributed by atoms with van der Waals surface area (Å²) in [4.78, 5) is 13.9. The van der Waals surface area contributed by atoms with Crippen LogP contribution in [0.2, 0.25) is 0 Å². The molecule has 0 aromatic carbocycles. The molecule has 17 heavy (non-hydrogen) atoms. The Hall–Kier alpha value is -0.730. The largest absolute Gasteiger partial charge is 0.338 e. The lowest BCUT2D eigenvalue weighted by atomic mass is 10.0. The average molecular weight is 238 g/mol. The molecule has 1 aliphatic heterocycles. The first-order valence-electron chi connectivity index (χ1n) is 7.39. The number of nitrogens with zero attached hydrogens (tertiary/aromatic N) is 1. The third-order valence-corrected chi connectivity index (χ3v) is 4.20. The van der Waals surface area contributed by atoms with E-state index in [1.54, 1.807) is 0 Å². The molecule has 1 aliphatic carbocycles. The van der Waals surface area contributed by atoms with Crippen LogP contribution in [0.15, 0.2) is 0 Å². The lowest BCUT2D eigenvalue weighted by Gasteiger charge is -2.21. The van der Waals surface area contributed by atoms with Crippen molar-refractivity contribution in [1.29, 1.82) is 0 Å². The number of carbonyl (C=O) groups excluding carboxylic acids is 1. The minimum atomic E-state index is 0.171. The van der Waals surface area contributed by atoms with E-state index in [4.69, 9.17) is 0 Å². The van der Waals surface area contributed by atoms with E-state index in [-0.39, 0.29) is 6.03 Å². The Labute approximate surface area is 105 Å². The maximum absolute atomic E-state index is 11.9. The summed E-state index contributed by atoms with van der Waals surface area (Å²) in [5.41, 5.74) is 0. The van der Waals surface area contributed by atoms with Gasteiger partial charge in [-0.05, 0) is 25.2 Å². The van der Waals surface area contributed by atoms with Crippen LogP contribution in [-0.4, -0.2) is 30.6 Å². The monoisotopic (exact) mass is 238 g/mol. The number of nitrogens with one attached hydrogen (secondary N) is 1. The molecule has 0 unspecified atom stereocenters. The summed E-state index contributed by atoms with van der Waals surface area (Å²) in [5, 5.41) is 3.09. The van der Waals surface area contributed by atoms with Crippen molar-refractivity contribution < 1.29 is 4.79 Å². The van der Waals surface area contributed by atoms with Crippen LogP contribution in [0.25, 0.3) is 0 Å². The number of carbonyl (C=O) groups is 1. The first-order chi connectivity index (χ1) is 8.36. The zero-order valence-corrected chi connectivity index (χ0v) is 10.9. The Morgan fingerprint density at radius 2 is 1.65 bits per heavy atom. The van der Waals surface area contributed by atoms with Crippen LogP contribution in [0.1, 0.15) is 57.8 Å². The fourth-order valence-corrected chi connectivity index (χ4v) is 3.07. The van der Waals surface area contributed by atoms with Crippen LogP contribution in [0.4, 0.5) is 4.79 Å². The van der Waals surface area contributed by atoms with Crippen LogP contribution in [0.3, 0.4) is 0 Å². The van der Waals surface area contributed by atoms with Gasteiger partial charge in [0, 0.05) is 19.6 Å². The van der Waals surface area contributed by atoms with Gasteiger partial charge >= 0.3 is 6.03 Å². The fourth-order valence-electron chi connectivity index (χ4n) is 3.07. The molecule has 0 aromatic rings. The predicted molar refractivity (Wildman–Crippen MR) is 70.0 cm³/mol. The molecule has 2 fully saturated rings. The molecule has 2 amide bonds. The van der Waals surface area contributed by atoms with Crippen molar-refractivity contribution in [3.8, 4) is 0 Å². The summed E-state index contributed by atoms with van der Waals surface area (Å²) in [7, 11) is 0. The summed E-state index contributed by atoms with van der Waals surface area (Å²) < 4.78 is 0. The Bertz CT molecular complexity index is 228. The standard InChI is InChI=1S/C14H26N2O/c17-14(16-11-5-1-2-6-12-16)15-10-9-13-7-3-4-8-13/h13H,1-12H2,(H,15,17). The van der Waals surface area contributed by atoms with Crippen molar-refractivity contribution >= 4 is 6.03 Å². The second kappa shape index (κ2) is 6.87. The van der Waals surface area contributed by atoms with E-state index in [1.807, 2.05) is 4.90 Å². The van der Waals surface area contributed by atoms with Gasteiger partial charge in [0.05, 0.1) is 0 Å². The SMILES string of the molecule is O=C(NCCC1CCCC1)N1CCCCCC1. The quantitative estimate of drug-likeness (QED) is 0.805. The van der Waals surface area contributed by atoms with E-state index in [1.165, 1.54) is 57.8 Å². The first kappa shape index (κ1) is 12.7. The van der Waals surface area contributed by atoms with Crippen molar-refractivity contribution in [2.75, 3.05) is 19.6 Å². The van der Waals surface area contributed by atoms with Gasteiger partial charge in [0.2, 0.25) is 0 Å². The number of rotatable bonds is 3. The molecule has 1 saturated carbocycles. The molecular weight excluding hydrogens is 212 g/mol. The lowest BCUT2D eigenvalue weighted by Crippen LogP contribution is -2.41. The molecular formula is C14H26N2O.